The highest BCUT2D eigenvalue weighted by atomic mass is 32.2. The summed E-state index contributed by atoms with van der Waals surface area (Å²) < 4.78 is 26.4. The van der Waals surface area contributed by atoms with Crippen molar-refractivity contribution in [3.8, 4) is 0 Å². The summed E-state index contributed by atoms with van der Waals surface area (Å²) in [6, 6.07) is 1.87. The zero-order valence-corrected chi connectivity index (χ0v) is 11.8. The van der Waals surface area contributed by atoms with Crippen LogP contribution in [0.3, 0.4) is 0 Å². The smallest absolute Gasteiger partial charge is 0.211 e. The van der Waals surface area contributed by atoms with Crippen LogP contribution in [-0.4, -0.2) is 46.6 Å². The predicted octanol–water partition coefficient (Wildman–Crippen LogP) is 0.520. The van der Waals surface area contributed by atoms with E-state index in [1.54, 1.807) is 0 Å². The number of rotatable bonds is 2. The van der Waals surface area contributed by atoms with Crippen molar-refractivity contribution in [3.63, 3.8) is 0 Å². The molecule has 2 aromatic heterocycles. The molecule has 0 aromatic carbocycles. The number of nitrogens with zero attached hydrogens (tertiary/aromatic N) is 4. The molecule has 0 unspecified atom stereocenters. The first-order chi connectivity index (χ1) is 9.47. The van der Waals surface area contributed by atoms with E-state index in [0.29, 0.717) is 25.3 Å². The Kier molecular flexibility index (Phi) is 2.98. The van der Waals surface area contributed by atoms with Gasteiger partial charge in [0, 0.05) is 31.4 Å². The highest BCUT2D eigenvalue weighted by molar-refractivity contribution is 7.88. The summed E-state index contributed by atoms with van der Waals surface area (Å²) in [6.45, 7) is 0.860. The van der Waals surface area contributed by atoms with Gasteiger partial charge in [0.05, 0.1) is 11.6 Å². The van der Waals surface area contributed by atoms with Gasteiger partial charge in [0.25, 0.3) is 0 Å². The zero-order chi connectivity index (χ0) is 14.3. The van der Waals surface area contributed by atoms with Crippen molar-refractivity contribution in [2.75, 3.05) is 25.1 Å². The molecule has 7 nitrogen and oxygen atoms in total. The number of anilines is 1. The van der Waals surface area contributed by atoms with Crippen LogP contribution in [-0.2, 0) is 10.0 Å². The Balaban J connectivity index is 1.98. The van der Waals surface area contributed by atoms with E-state index in [9.17, 15) is 8.42 Å². The lowest BCUT2D eigenvalue weighted by atomic mass is 10.2. The molecular weight excluding hydrogens is 278 g/mol. The van der Waals surface area contributed by atoms with Crippen molar-refractivity contribution in [2.45, 2.75) is 6.42 Å². The van der Waals surface area contributed by atoms with Crippen LogP contribution in [0.4, 0.5) is 5.82 Å². The Morgan fingerprint density at radius 1 is 1.35 bits per heavy atom. The van der Waals surface area contributed by atoms with Gasteiger partial charge in [-0.1, -0.05) is 0 Å². The molecule has 0 radical (unpaired) electrons. The minimum Gasteiger partial charge on any atom is -0.383 e. The van der Waals surface area contributed by atoms with Crippen LogP contribution in [0.15, 0.2) is 24.7 Å². The Morgan fingerprint density at radius 3 is 2.80 bits per heavy atom. The molecule has 0 saturated carbocycles. The van der Waals surface area contributed by atoms with Gasteiger partial charge in [0.2, 0.25) is 10.0 Å². The number of sulfonamides is 1. The lowest BCUT2D eigenvalue weighted by Gasteiger charge is -2.24. The maximum absolute atomic E-state index is 11.5. The van der Waals surface area contributed by atoms with Crippen molar-refractivity contribution in [1.29, 1.82) is 0 Å². The van der Waals surface area contributed by atoms with Crippen LogP contribution in [0.5, 0.6) is 0 Å². The maximum Gasteiger partial charge on any atom is 0.211 e. The second-order valence-corrected chi connectivity index (χ2v) is 6.73. The molecule has 0 fully saturated rings. The lowest BCUT2D eigenvalue weighted by molar-refractivity contribution is 0.442. The summed E-state index contributed by atoms with van der Waals surface area (Å²) in [6.07, 6.45) is 7.09. The van der Waals surface area contributed by atoms with Gasteiger partial charge in [0.15, 0.2) is 0 Å². The second-order valence-electron chi connectivity index (χ2n) is 4.75. The van der Waals surface area contributed by atoms with Crippen molar-refractivity contribution in [1.82, 2.24) is 18.8 Å². The summed E-state index contributed by atoms with van der Waals surface area (Å²) in [7, 11) is -3.13. The first-order valence-electron chi connectivity index (χ1n) is 6.19. The van der Waals surface area contributed by atoms with Gasteiger partial charge in [-0.3, -0.25) is 0 Å². The molecule has 0 aliphatic carbocycles. The van der Waals surface area contributed by atoms with Crippen molar-refractivity contribution in [2.24, 2.45) is 0 Å². The first-order valence-corrected chi connectivity index (χ1v) is 8.04. The molecule has 8 heteroatoms. The summed E-state index contributed by atoms with van der Waals surface area (Å²) >= 11 is 0. The molecule has 2 aromatic rings. The van der Waals surface area contributed by atoms with E-state index in [1.807, 2.05) is 22.9 Å². The largest absolute Gasteiger partial charge is 0.383 e. The molecule has 0 spiro atoms. The van der Waals surface area contributed by atoms with Gasteiger partial charge in [-0.2, -0.15) is 4.31 Å². The number of aromatic nitrogens is 3. The highest BCUT2D eigenvalue weighted by Crippen LogP contribution is 2.24. The van der Waals surface area contributed by atoms with Gasteiger partial charge in [-0.25, -0.2) is 18.4 Å². The maximum atomic E-state index is 11.5. The van der Waals surface area contributed by atoms with Gasteiger partial charge in [-0.05, 0) is 12.1 Å². The fourth-order valence-corrected chi connectivity index (χ4v) is 3.13. The van der Waals surface area contributed by atoms with E-state index in [4.69, 9.17) is 5.73 Å². The summed E-state index contributed by atoms with van der Waals surface area (Å²) in [5, 5.41) is 0.805. The van der Waals surface area contributed by atoms with Crippen LogP contribution in [0.25, 0.3) is 16.7 Å². The van der Waals surface area contributed by atoms with E-state index in [-0.39, 0.29) is 0 Å². The molecule has 3 rings (SSSR count). The average Bonchev–Trinajstić information content (AvgIpc) is 2.83. The molecule has 1 aliphatic heterocycles. The Hall–Kier alpha value is -1.93. The molecule has 0 amide bonds. The molecule has 3 heterocycles. The molecular formula is C12H15N5O2S. The molecule has 1 aliphatic rings. The zero-order valence-electron chi connectivity index (χ0n) is 11.0. The Morgan fingerprint density at radius 2 is 2.15 bits per heavy atom. The third-order valence-electron chi connectivity index (χ3n) is 3.44. The van der Waals surface area contributed by atoms with Gasteiger partial charge in [0.1, 0.15) is 17.8 Å². The topological polar surface area (TPSA) is 94.1 Å². The summed E-state index contributed by atoms with van der Waals surface area (Å²) in [5.41, 5.74) is 7.58. The third kappa shape index (κ3) is 2.16. The van der Waals surface area contributed by atoms with Gasteiger partial charge in [-0.15, -0.1) is 0 Å². The molecule has 20 heavy (non-hydrogen) atoms. The minimum atomic E-state index is -3.13. The number of nitrogens with two attached hydrogens (primary N) is 1. The van der Waals surface area contributed by atoms with Crippen LogP contribution in [0.2, 0.25) is 0 Å². The van der Waals surface area contributed by atoms with E-state index >= 15 is 0 Å². The quantitative estimate of drug-likeness (QED) is 0.871. The van der Waals surface area contributed by atoms with E-state index < -0.39 is 10.0 Å². The molecule has 2 N–H and O–H groups in total. The fraction of sp³-hybridized carbons (Fsp3) is 0.333. The molecule has 0 saturated heterocycles. The standard InChI is InChI=1S/C12H15N5O2S/c1-20(18,19)16-5-2-9(3-6-16)17-7-4-10-11(13)14-8-15-12(10)17/h2,4,7-8H,3,5-6H2,1H3,(H2,13,14,15). The average molecular weight is 293 g/mol. The van der Waals surface area contributed by atoms with Crippen LogP contribution >= 0.6 is 0 Å². The first kappa shape index (κ1) is 13.1. The van der Waals surface area contributed by atoms with Crippen molar-refractivity contribution >= 4 is 32.6 Å². The number of hydrogen-bond donors (Lipinski definition) is 1. The third-order valence-corrected chi connectivity index (χ3v) is 4.71. The Bertz CT molecular complexity index is 793. The van der Waals surface area contributed by atoms with E-state index in [2.05, 4.69) is 9.97 Å². The summed E-state index contributed by atoms with van der Waals surface area (Å²) in [5.74, 6) is 0.447. The minimum absolute atomic E-state index is 0.383. The number of hydrogen-bond acceptors (Lipinski definition) is 5. The highest BCUT2D eigenvalue weighted by Gasteiger charge is 2.21. The normalized spacial score (nSPS) is 17.4. The summed E-state index contributed by atoms with van der Waals surface area (Å²) in [4.78, 5) is 8.20. The van der Waals surface area contributed by atoms with Crippen LogP contribution in [0.1, 0.15) is 6.42 Å². The predicted molar refractivity (Wildman–Crippen MR) is 77.2 cm³/mol. The lowest BCUT2D eigenvalue weighted by Crippen LogP contribution is -2.34. The van der Waals surface area contributed by atoms with E-state index in [1.165, 1.54) is 16.9 Å². The van der Waals surface area contributed by atoms with Crippen molar-refractivity contribution < 1.29 is 8.42 Å². The van der Waals surface area contributed by atoms with Crippen LogP contribution in [0, 0.1) is 0 Å². The van der Waals surface area contributed by atoms with Gasteiger partial charge < -0.3 is 10.3 Å². The number of fused-ring (bicyclic) bond motifs is 1. The van der Waals surface area contributed by atoms with E-state index in [0.717, 1.165) is 16.7 Å². The molecule has 0 atom stereocenters. The molecule has 0 bridgehead atoms. The molecule has 106 valence electrons. The van der Waals surface area contributed by atoms with Crippen molar-refractivity contribution in [3.05, 3.63) is 24.7 Å². The Labute approximate surface area is 116 Å². The SMILES string of the molecule is CS(=O)(=O)N1CC=C(n2ccc3c(N)ncnc32)CC1. The second kappa shape index (κ2) is 4.57. The monoisotopic (exact) mass is 293 g/mol. The van der Waals surface area contributed by atoms with Gasteiger partial charge >= 0.3 is 0 Å². The number of nitrogen functional groups attached to an aromatic ring is 1. The van der Waals surface area contributed by atoms with Crippen LogP contribution < -0.4 is 5.73 Å². The fourth-order valence-electron chi connectivity index (χ4n) is 2.36.